The number of amides is 1. The Morgan fingerprint density at radius 3 is 2.76 bits per heavy atom. The van der Waals surface area contributed by atoms with Gasteiger partial charge in [-0.2, -0.15) is 0 Å². The summed E-state index contributed by atoms with van der Waals surface area (Å²) in [6.07, 6.45) is 7.05. The van der Waals surface area contributed by atoms with Crippen LogP contribution in [0.1, 0.15) is 31.2 Å². The lowest BCUT2D eigenvalue weighted by atomic mass is 9.93. The lowest BCUT2D eigenvalue weighted by molar-refractivity contribution is -0.118. The van der Waals surface area contributed by atoms with Crippen LogP contribution in [-0.2, 0) is 11.2 Å². The van der Waals surface area contributed by atoms with Gasteiger partial charge in [-0.3, -0.25) is 4.79 Å². The Balaban J connectivity index is 1.78. The van der Waals surface area contributed by atoms with Gasteiger partial charge in [-0.25, -0.2) is 0 Å². The number of benzene rings is 1. The van der Waals surface area contributed by atoms with Crippen LogP contribution < -0.4 is 0 Å². The van der Waals surface area contributed by atoms with E-state index in [-0.39, 0.29) is 0 Å². The number of rotatable bonds is 4. The van der Waals surface area contributed by atoms with Crippen LogP contribution in [0.2, 0.25) is 0 Å². The maximum atomic E-state index is 10.7. The van der Waals surface area contributed by atoms with Gasteiger partial charge in [0.15, 0.2) is 0 Å². The zero-order valence-electron chi connectivity index (χ0n) is 10.3. The van der Waals surface area contributed by atoms with Crippen LogP contribution in [0.3, 0.4) is 0 Å². The van der Waals surface area contributed by atoms with E-state index in [0.717, 1.165) is 31.8 Å². The molecule has 17 heavy (non-hydrogen) atoms. The number of hydrogen-bond acceptors (Lipinski definition) is 1. The minimum Gasteiger partial charge on any atom is -0.345 e. The second-order valence-corrected chi connectivity index (χ2v) is 4.96. The first-order valence-corrected chi connectivity index (χ1v) is 6.62. The van der Waals surface area contributed by atoms with Crippen LogP contribution in [0.15, 0.2) is 30.3 Å². The minimum atomic E-state index is 0.792. The first-order chi connectivity index (χ1) is 8.38. The summed E-state index contributed by atoms with van der Waals surface area (Å²) in [7, 11) is 0. The van der Waals surface area contributed by atoms with Crippen molar-refractivity contribution in [1.82, 2.24) is 4.90 Å². The van der Waals surface area contributed by atoms with E-state index < -0.39 is 0 Å². The highest BCUT2D eigenvalue weighted by Crippen LogP contribution is 2.22. The van der Waals surface area contributed by atoms with E-state index in [9.17, 15) is 4.79 Å². The molecular weight excluding hydrogens is 210 g/mol. The molecule has 1 heterocycles. The highest BCUT2D eigenvalue weighted by atomic mass is 16.1. The van der Waals surface area contributed by atoms with Crippen LogP contribution in [-0.4, -0.2) is 24.4 Å². The molecule has 0 aliphatic carbocycles. The normalized spacial score (nSPS) is 20.9. The molecule has 1 atom stereocenters. The van der Waals surface area contributed by atoms with Crippen molar-refractivity contribution < 1.29 is 4.79 Å². The highest BCUT2D eigenvalue weighted by Gasteiger charge is 2.15. The molecule has 0 bridgehead atoms. The van der Waals surface area contributed by atoms with E-state index >= 15 is 0 Å². The van der Waals surface area contributed by atoms with Crippen LogP contribution >= 0.6 is 0 Å². The molecule has 1 aliphatic heterocycles. The fourth-order valence-electron chi connectivity index (χ4n) is 2.60. The molecule has 0 aromatic heterocycles. The molecule has 2 heteroatoms. The van der Waals surface area contributed by atoms with Crippen molar-refractivity contribution in [1.29, 1.82) is 0 Å². The number of carbonyl (C=O) groups is 1. The molecule has 0 spiro atoms. The molecule has 0 radical (unpaired) electrons. The predicted octanol–water partition coefficient (Wildman–Crippen LogP) is 2.88. The summed E-state index contributed by atoms with van der Waals surface area (Å²) in [5.41, 5.74) is 1.43. The summed E-state index contributed by atoms with van der Waals surface area (Å²) in [4.78, 5) is 12.6. The van der Waals surface area contributed by atoms with E-state index in [4.69, 9.17) is 0 Å². The molecule has 1 aromatic rings. The Bertz CT molecular complexity index is 336. The maximum absolute atomic E-state index is 10.7. The van der Waals surface area contributed by atoms with Crippen molar-refractivity contribution in [3.05, 3.63) is 35.9 Å². The molecule has 1 saturated heterocycles. The number of aryl methyl sites for hydroxylation is 1. The van der Waals surface area contributed by atoms with Crippen molar-refractivity contribution in [2.24, 2.45) is 5.92 Å². The van der Waals surface area contributed by atoms with Gasteiger partial charge in [0.25, 0.3) is 0 Å². The first kappa shape index (κ1) is 12.2. The van der Waals surface area contributed by atoms with Crippen molar-refractivity contribution >= 4 is 6.41 Å². The third-order valence-corrected chi connectivity index (χ3v) is 3.72. The molecule has 0 N–H and O–H groups in total. The van der Waals surface area contributed by atoms with Gasteiger partial charge in [0.05, 0.1) is 0 Å². The van der Waals surface area contributed by atoms with Gasteiger partial charge >= 0.3 is 0 Å². The van der Waals surface area contributed by atoms with Gasteiger partial charge < -0.3 is 4.90 Å². The topological polar surface area (TPSA) is 20.3 Å². The summed E-state index contributed by atoms with van der Waals surface area (Å²) in [5, 5.41) is 0. The fourth-order valence-corrected chi connectivity index (χ4v) is 2.60. The van der Waals surface area contributed by atoms with Crippen LogP contribution in [0.4, 0.5) is 0 Å². The average Bonchev–Trinajstić information content (AvgIpc) is 2.62. The van der Waals surface area contributed by atoms with E-state index in [1.54, 1.807) is 0 Å². The molecule has 1 fully saturated rings. The molecule has 1 aromatic carbocycles. The Kier molecular flexibility index (Phi) is 4.60. The number of hydrogen-bond donors (Lipinski definition) is 0. The second-order valence-electron chi connectivity index (χ2n) is 4.96. The monoisotopic (exact) mass is 231 g/mol. The van der Waals surface area contributed by atoms with Crippen LogP contribution in [0.5, 0.6) is 0 Å². The molecule has 1 aliphatic rings. The van der Waals surface area contributed by atoms with Gasteiger partial charge in [0.2, 0.25) is 6.41 Å². The Morgan fingerprint density at radius 1 is 1.18 bits per heavy atom. The standard InChI is InChI=1S/C15H21NO/c17-13-16-11-4-7-15(10-12-16)9-8-14-5-2-1-3-6-14/h1-3,5-6,13,15H,4,7-12H2. The fraction of sp³-hybridized carbons (Fsp3) is 0.533. The predicted molar refractivity (Wildman–Crippen MR) is 69.7 cm³/mol. The third kappa shape index (κ3) is 3.88. The third-order valence-electron chi connectivity index (χ3n) is 3.72. The van der Waals surface area contributed by atoms with Gasteiger partial charge in [0, 0.05) is 13.1 Å². The van der Waals surface area contributed by atoms with Gasteiger partial charge in [0.1, 0.15) is 0 Å². The Morgan fingerprint density at radius 2 is 2.00 bits per heavy atom. The van der Waals surface area contributed by atoms with Crippen LogP contribution in [0.25, 0.3) is 0 Å². The second kappa shape index (κ2) is 6.43. The van der Waals surface area contributed by atoms with Crippen molar-refractivity contribution in [2.45, 2.75) is 32.1 Å². The SMILES string of the molecule is O=CN1CCCC(CCc2ccccc2)CC1. The van der Waals surface area contributed by atoms with Gasteiger partial charge in [-0.15, -0.1) is 0 Å². The highest BCUT2D eigenvalue weighted by molar-refractivity contribution is 5.46. The zero-order chi connectivity index (χ0) is 11.9. The quantitative estimate of drug-likeness (QED) is 0.730. The molecule has 2 nitrogen and oxygen atoms in total. The average molecular weight is 231 g/mol. The van der Waals surface area contributed by atoms with Gasteiger partial charge in [-0.1, -0.05) is 30.3 Å². The lowest BCUT2D eigenvalue weighted by Crippen LogP contribution is -2.22. The van der Waals surface area contributed by atoms with Crippen molar-refractivity contribution in [3.8, 4) is 0 Å². The van der Waals surface area contributed by atoms with E-state index in [1.165, 1.54) is 31.2 Å². The molecule has 1 unspecified atom stereocenters. The molecule has 2 rings (SSSR count). The maximum Gasteiger partial charge on any atom is 0.209 e. The van der Waals surface area contributed by atoms with Crippen molar-refractivity contribution in [2.75, 3.05) is 13.1 Å². The summed E-state index contributed by atoms with van der Waals surface area (Å²) in [5.74, 6) is 0.792. The smallest absolute Gasteiger partial charge is 0.209 e. The summed E-state index contributed by atoms with van der Waals surface area (Å²) in [6.45, 7) is 1.90. The van der Waals surface area contributed by atoms with Crippen molar-refractivity contribution in [3.63, 3.8) is 0 Å². The minimum absolute atomic E-state index is 0.792. The molecule has 0 saturated carbocycles. The Labute approximate surface area is 104 Å². The number of likely N-dealkylation sites (tertiary alicyclic amines) is 1. The molecule has 92 valence electrons. The Hall–Kier alpha value is -1.31. The van der Waals surface area contributed by atoms with E-state index in [0.29, 0.717) is 0 Å². The largest absolute Gasteiger partial charge is 0.345 e. The van der Waals surface area contributed by atoms with E-state index in [1.807, 2.05) is 4.90 Å². The molecular formula is C15H21NO. The number of nitrogens with zero attached hydrogens (tertiary/aromatic N) is 1. The number of carbonyl (C=O) groups excluding carboxylic acids is 1. The first-order valence-electron chi connectivity index (χ1n) is 6.62. The summed E-state index contributed by atoms with van der Waals surface area (Å²) < 4.78 is 0. The van der Waals surface area contributed by atoms with Crippen LogP contribution in [0, 0.1) is 5.92 Å². The summed E-state index contributed by atoms with van der Waals surface area (Å²) >= 11 is 0. The lowest BCUT2D eigenvalue weighted by Gasteiger charge is -2.15. The molecule has 1 amide bonds. The summed E-state index contributed by atoms with van der Waals surface area (Å²) in [6, 6.07) is 10.7. The van der Waals surface area contributed by atoms with Gasteiger partial charge in [-0.05, 0) is 43.6 Å². The van der Waals surface area contributed by atoms with E-state index in [2.05, 4.69) is 30.3 Å². The zero-order valence-corrected chi connectivity index (χ0v) is 10.3.